The summed E-state index contributed by atoms with van der Waals surface area (Å²) in [5.41, 5.74) is 4.23. The van der Waals surface area contributed by atoms with Crippen molar-refractivity contribution >= 4 is 11.8 Å². The summed E-state index contributed by atoms with van der Waals surface area (Å²) in [5, 5.41) is 2.67. The Morgan fingerprint density at radius 1 is 1.04 bits per heavy atom. The molecule has 0 heterocycles. The number of hydrogen-bond acceptors (Lipinski definition) is 3. The molecule has 0 aliphatic rings. The predicted octanol–water partition coefficient (Wildman–Crippen LogP) is 3.54. The van der Waals surface area contributed by atoms with E-state index in [1.54, 1.807) is 11.9 Å². The summed E-state index contributed by atoms with van der Waals surface area (Å²) in [6.45, 7) is 8.15. The number of ether oxygens (including phenoxy) is 1. The van der Waals surface area contributed by atoms with Crippen molar-refractivity contribution in [2.24, 2.45) is 0 Å². The van der Waals surface area contributed by atoms with Crippen LogP contribution in [0, 0.1) is 20.8 Å². The summed E-state index contributed by atoms with van der Waals surface area (Å²) in [6.07, 6.45) is 0.529. The lowest BCUT2D eigenvalue weighted by Crippen LogP contribution is -2.49. The molecule has 2 rings (SSSR count). The number of rotatable bonds is 8. The molecule has 0 saturated heterocycles. The summed E-state index contributed by atoms with van der Waals surface area (Å²) in [7, 11) is 1.59. The van der Waals surface area contributed by atoms with Crippen LogP contribution in [0.4, 0.5) is 0 Å². The topological polar surface area (TPSA) is 58.6 Å². The molecule has 150 valence electrons. The van der Waals surface area contributed by atoms with Crippen LogP contribution in [-0.4, -0.2) is 36.4 Å². The molecule has 0 aliphatic heterocycles. The van der Waals surface area contributed by atoms with Gasteiger partial charge < -0.3 is 15.0 Å². The molecule has 0 unspecified atom stereocenters. The number of nitrogens with zero attached hydrogens (tertiary/aromatic N) is 1. The lowest BCUT2D eigenvalue weighted by atomic mass is 10.1. The van der Waals surface area contributed by atoms with Crippen LogP contribution >= 0.6 is 0 Å². The average molecular weight is 383 g/mol. The zero-order valence-electron chi connectivity index (χ0n) is 17.4. The smallest absolute Gasteiger partial charge is 0.261 e. The van der Waals surface area contributed by atoms with E-state index in [0.717, 1.165) is 22.3 Å². The fourth-order valence-corrected chi connectivity index (χ4v) is 3.16. The first kappa shape index (κ1) is 21.5. The Kier molecular flexibility index (Phi) is 7.61. The van der Waals surface area contributed by atoms with Crippen molar-refractivity contribution in [2.45, 2.75) is 46.7 Å². The Balaban J connectivity index is 2.24. The summed E-state index contributed by atoms with van der Waals surface area (Å²) in [5.74, 6) is 0.313. The van der Waals surface area contributed by atoms with E-state index in [1.807, 2.05) is 70.2 Å². The number of benzene rings is 2. The highest BCUT2D eigenvalue weighted by Gasteiger charge is 2.28. The Labute approximate surface area is 167 Å². The van der Waals surface area contributed by atoms with Gasteiger partial charge in [-0.1, -0.05) is 43.3 Å². The van der Waals surface area contributed by atoms with Crippen molar-refractivity contribution < 1.29 is 14.3 Å². The van der Waals surface area contributed by atoms with Crippen LogP contribution in [0.15, 0.2) is 42.5 Å². The zero-order chi connectivity index (χ0) is 20.7. The Morgan fingerprint density at radius 2 is 1.71 bits per heavy atom. The lowest BCUT2D eigenvalue weighted by molar-refractivity contribution is -0.142. The van der Waals surface area contributed by atoms with E-state index < -0.39 is 6.04 Å². The first-order chi connectivity index (χ1) is 13.4. The molecule has 1 N–H and O–H groups in total. The third-order valence-corrected chi connectivity index (χ3v) is 5.14. The van der Waals surface area contributed by atoms with Crippen molar-refractivity contribution in [3.63, 3.8) is 0 Å². The molecule has 0 aromatic heterocycles. The molecule has 2 aromatic carbocycles. The molecular weight excluding hydrogens is 352 g/mol. The predicted molar refractivity (Wildman–Crippen MR) is 111 cm³/mol. The fraction of sp³-hybridized carbons (Fsp3) is 0.391. The first-order valence-corrected chi connectivity index (χ1v) is 9.63. The van der Waals surface area contributed by atoms with Crippen molar-refractivity contribution in [2.75, 3.05) is 13.7 Å². The molecule has 5 heteroatoms. The average Bonchev–Trinajstić information content (AvgIpc) is 2.69. The molecule has 0 spiro atoms. The van der Waals surface area contributed by atoms with E-state index in [2.05, 4.69) is 5.32 Å². The number of likely N-dealkylation sites (N-methyl/N-ethyl adjacent to an activating group) is 1. The SMILES string of the molecule is CC[C@@H](C(=O)NC)N(Cc1ccccc1C)C(=O)COc1cccc(C)c1C. The maximum absolute atomic E-state index is 13.1. The minimum atomic E-state index is -0.542. The minimum absolute atomic E-state index is 0.107. The number of aryl methyl sites for hydroxylation is 2. The van der Waals surface area contributed by atoms with Crippen molar-refractivity contribution in [1.29, 1.82) is 0 Å². The van der Waals surface area contributed by atoms with Crippen molar-refractivity contribution in [3.8, 4) is 5.75 Å². The summed E-state index contributed by atoms with van der Waals surface area (Å²) < 4.78 is 5.81. The van der Waals surface area contributed by atoms with Gasteiger partial charge in [0.05, 0.1) is 0 Å². The molecule has 0 bridgehead atoms. The van der Waals surface area contributed by atoms with Crippen LogP contribution in [0.3, 0.4) is 0 Å². The Hall–Kier alpha value is -2.82. The minimum Gasteiger partial charge on any atom is -0.483 e. The maximum atomic E-state index is 13.1. The molecule has 2 aromatic rings. The first-order valence-electron chi connectivity index (χ1n) is 9.63. The standard InChI is InChI=1S/C23H30N2O3/c1-6-20(23(27)24-5)25(14-19-12-8-7-10-17(19)3)22(26)15-28-21-13-9-11-16(2)18(21)4/h7-13,20H,6,14-15H2,1-5H3,(H,24,27)/t20-/m0/s1. The number of amides is 2. The van der Waals surface area contributed by atoms with Crippen molar-refractivity contribution in [3.05, 3.63) is 64.7 Å². The molecule has 28 heavy (non-hydrogen) atoms. The van der Waals surface area contributed by atoms with Gasteiger partial charge in [-0.2, -0.15) is 0 Å². The number of hydrogen-bond donors (Lipinski definition) is 1. The van der Waals surface area contributed by atoms with Gasteiger partial charge in [-0.05, 0) is 55.5 Å². The van der Waals surface area contributed by atoms with Crippen molar-refractivity contribution in [1.82, 2.24) is 10.2 Å². The third kappa shape index (κ3) is 5.12. The van der Waals surface area contributed by atoms with Gasteiger partial charge in [0.1, 0.15) is 11.8 Å². The third-order valence-electron chi connectivity index (χ3n) is 5.14. The second kappa shape index (κ2) is 9.93. The second-order valence-corrected chi connectivity index (χ2v) is 6.97. The monoisotopic (exact) mass is 382 g/mol. The number of carbonyl (C=O) groups is 2. The van der Waals surface area contributed by atoms with E-state index in [9.17, 15) is 9.59 Å². The molecule has 5 nitrogen and oxygen atoms in total. The van der Waals surface area contributed by atoms with Crippen LogP contribution in [0.2, 0.25) is 0 Å². The van der Waals surface area contributed by atoms with E-state index in [4.69, 9.17) is 4.74 Å². The van der Waals surface area contributed by atoms with Crippen LogP contribution in [-0.2, 0) is 16.1 Å². The van der Waals surface area contributed by atoms with Gasteiger partial charge in [0, 0.05) is 13.6 Å². The van der Waals surface area contributed by atoms with E-state index in [1.165, 1.54) is 0 Å². The van der Waals surface area contributed by atoms with Crippen LogP contribution < -0.4 is 10.1 Å². The molecule has 0 fully saturated rings. The molecule has 0 saturated carbocycles. The largest absolute Gasteiger partial charge is 0.483 e. The van der Waals surface area contributed by atoms with Gasteiger partial charge in [0.2, 0.25) is 5.91 Å². The summed E-state index contributed by atoms with van der Waals surface area (Å²) >= 11 is 0. The molecule has 1 atom stereocenters. The van der Waals surface area contributed by atoms with Gasteiger partial charge in [0.15, 0.2) is 6.61 Å². The molecule has 0 aliphatic carbocycles. The van der Waals surface area contributed by atoms with Gasteiger partial charge in [-0.25, -0.2) is 0 Å². The van der Waals surface area contributed by atoms with E-state index in [-0.39, 0.29) is 18.4 Å². The lowest BCUT2D eigenvalue weighted by Gasteiger charge is -2.30. The van der Waals surface area contributed by atoms with Crippen LogP contribution in [0.1, 0.15) is 35.6 Å². The van der Waals surface area contributed by atoms with Gasteiger partial charge in [-0.3, -0.25) is 9.59 Å². The maximum Gasteiger partial charge on any atom is 0.261 e. The fourth-order valence-electron chi connectivity index (χ4n) is 3.16. The molecule has 2 amide bonds. The normalized spacial score (nSPS) is 11.6. The van der Waals surface area contributed by atoms with Gasteiger partial charge in [0.25, 0.3) is 5.91 Å². The van der Waals surface area contributed by atoms with Crippen LogP contribution in [0.25, 0.3) is 0 Å². The van der Waals surface area contributed by atoms with E-state index >= 15 is 0 Å². The highest BCUT2D eigenvalue weighted by Crippen LogP contribution is 2.21. The highest BCUT2D eigenvalue weighted by molar-refractivity contribution is 5.88. The number of nitrogens with one attached hydrogen (secondary N) is 1. The van der Waals surface area contributed by atoms with Gasteiger partial charge in [-0.15, -0.1) is 0 Å². The molecular formula is C23H30N2O3. The van der Waals surface area contributed by atoms with Gasteiger partial charge >= 0.3 is 0 Å². The summed E-state index contributed by atoms with van der Waals surface area (Å²) in [6, 6.07) is 13.1. The molecule has 0 radical (unpaired) electrons. The summed E-state index contributed by atoms with van der Waals surface area (Å²) in [4.78, 5) is 27.1. The second-order valence-electron chi connectivity index (χ2n) is 6.97. The van der Waals surface area contributed by atoms with E-state index in [0.29, 0.717) is 18.7 Å². The quantitative estimate of drug-likeness (QED) is 0.760. The zero-order valence-corrected chi connectivity index (χ0v) is 17.4. The Bertz CT molecular complexity index is 832. The highest BCUT2D eigenvalue weighted by atomic mass is 16.5. The number of carbonyl (C=O) groups excluding carboxylic acids is 2. The van der Waals surface area contributed by atoms with Crippen LogP contribution in [0.5, 0.6) is 5.75 Å². The Morgan fingerprint density at radius 3 is 2.36 bits per heavy atom.